The molecule has 3 heteroatoms. The van der Waals surface area contributed by atoms with Crippen molar-refractivity contribution in [2.75, 3.05) is 20.7 Å². The van der Waals surface area contributed by atoms with E-state index in [4.69, 9.17) is 4.74 Å². The van der Waals surface area contributed by atoms with Crippen LogP contribution in [0.2, 0.25) is 0 Å². The van der Waals surface area contributed by atoms with Gasteiger partial charge in [-0.25, -0.2) is 0 Å². The second-order valence-electron chi connectivity index (χ2n) is 4.15. The van der Waals surface area contributed by atoms with Crippen molar-refractivity contribution in [1.82, 2.24) is 5.32 Å². The molecule has 0 atom stereocenters. The molecule has 0 saturated carbocycles. The van der Waals surface area contributed by atoms with Crippen LogP contribution < -0.4 is 10.1 Å². The van der Waals surface area contributed by atoms with Crippen LogP contribution in [0.3, 0.4) is 0 Å². The van der Waals surface area contributed by atoms with E-state index in [9.17, 15) is 4.79 Å². The molecule has 2 rings (SSSR count). The Morgan fingerprint density at radius 2 is 1.45 bits per heavy atom. The van der Waals surface area contributed by atoms with Crippen molar-refractivity contribution >= 4 is 5.78 Å². The van der Waals surface area contributed by atoms with Crippen molar-refractivity contribution in [3.05, 3.63) is 65.7 Å². The van der Waals surface area contributed by atoms with Crippen molar-refractivity contribution in [1.29, 1.82) is 0 Å². The maximum absolute atomic E-state index is 12.1. The van der Waals surface area contributed by atoms with Crippen LogP contribution in [0.5, 0.6) is 5.75 Å². The number of carbonyl (C=O) groups is 1. The van der Waals surface area contributed by atoms with E-state index in [1.807, 2.05) is 63.5 Å². The van der Waals surface area contributed by atoms with Crippen LogP contribution in [0, 0.1) is 0 Å². The van der Waals surface area contributed by atoms with E-state index in [0.717, 1.165) is 5.75 Å². The van der Waals surface area contributed by atoms with Crippen molar-refractivity contribution in [3.63, 3.8) is 0 Å². The Bertz CT molecular complexity index is 506. The van der Waals surface area contributed by atoms with E-state index >= 15 is 0 Å². The summed E-state index contributed by atoms with van der Waals surface area (Å²) < 4.78 is 5.33. The van der Waals surface area contributed by atoms with Gasteiger partial charge >= 0.3 is 0 Å². The highest BCUT2D eigenvalue weighted by Crippen LogP contribution is 2.15. The first-order chi connectivity index (χ1) is 9.72. The average Bonchev–Trinajstić information content (AvgIpc) is 2.49. The number of hydrogen-bond acceptors (Lipinski definition) is 3. The Hall–Kier alpha value is -2.13. The van der Waals surface area contributed by atoms with E-state index in [1.165, 1.54) is 0 Å². The molecular formula is C17H21NO2. The summed E-state index contributed by atoms with van der Waals surface area (Å²) in [7, 11) is 3.75. The molecule has 0 heterocycles. The van der Waals surface area contributed by atoms with Crippen LogP contribution in [0.25, 0.3) is 0 Å². The Kier molecular flexibility index (Phi) is 7.07. The molecular weight excluding hydrogens is 250 g/mol. The number of benzene rings is 2. The number of carbonyl (C=O) groups excluding carboxylic acids is 1. The molecule has 20 heavy (non-hydrogen) atoms. The fraction of sp³-hybridized carbons (Fsp3) is 0.235. The van der Waals surface area contributed by atoms with Crippen molar-refractivity contribution < 1.29 is 9.53 Å². The predicted molar refractivity (Wildman–Crippen MR) is 82.5 cm³/mol. The van der Waals surface area contributed by atoms with Gasteiger partial charge in [-0.2, -0.15) is 0 Å². The monoisotopic (exact) mass is 271 g/mol. The number of ketones is 1. The average molecular weight is 271 g/mol. The van der Waals surface area contributed by atoms with Crippen LogP contribution in [0.4, 0.5) is 0 Å². The molecule has 0 aliphatic heterocycles. The van der Waals surface area contributed by atoms with Crippen LogP contribution in [0.1, 0.15) is 22.8 Å². The quantitative estimate of drug-likeness (QED) is 0.868. The van der Waals surface area contributed by atoms with Gasteiger partial charge in [0.1, 0.15) is 5.75 Å². The lowest BCUT2D eigenvalue weighted by molar-refractivity contribution is 0.103. The molecule has 0 saturated heterocycles. The lowest BCUT2D eigenvalue weighted by atomic mass is 10.0. The third-order valence-electron chi connectivity index (χ3n) is 2.46. The van der Waals surface area contributed by atoms with E-state index in [1.54, 1.807) is 12.1 Å². The molecule has 0 aromatic heterocycles. The predicted octanol–water partition coefficient (Wildman–Crippen LogP) is 3.15. The molecule has 0 spiro atoms. The van der Waals surface area contributed by atoms with Crippen molar-refractivity contribution in [3.8, 4) is 5.75 Å². The Morgan fingerprint density at radius 3 is 1.95 bits per heavy atom. The molecule has 2 aromatic carbocycles. The standard InChI is InChI=1S/C15H14O2.C2H7N/c1-2-17-14-10-8-13(9-11-14)15(16)12-6-4-3-5-7-12;1-3-2/h3-11H,2H2,1H3;3H,1-2H3. The summed E-state index contributed by atoms with van der Waals surface area (Å²) in [6.07, 6.45) is 0. The second kappa shape index (κ2) is 8.88. The molecule has 0 amide bonds. The third-order valence-corrected chi connectivity index (χ3v) is 2.46. The molecule has 0 unspecified atom stereocenters. The summed E-state index contributed by atoms with van der Waals surface area (Å²) in [5.41, 5.74) is 1.39. The van der Waals surface area contributed by atoms with Gasteiger partial charge in [-0.3, -0.25) is 4.79 Å². The first-order valence-electron chi connectivity index (χ1n) is 6.64. The molecule has 106 valence electrons. The number of hydrogen-bond donors (Lipinski definition) is 1. The van der Waals surface area contributed by atoms with Gasteiger partial charge in [0.15, 0.2) is 5.78 Å². The zero-order valence-electron chi connectivity index (χ0n) is 12.2. The van der Waals surface area contributed by atoms with Gasteiger partial charge in [0.2, 0.25) is 0 Å². The van der Waals surface area contributed by atoms with Gasteiger partial charge in [-0.05, 0) is 45.3 Å². The molecule has 2 aromatic rings. The lowest BCUT2D eigenvalue weighted by Gasteiger charge is -2.04. The second-order valence-corrected chi connectivity index (χ2v) is 4.15. The molecule has 0 bridgehead atoms. The van der Waals surface area contributed by atoms with E-state index in [0.29, 0.717) is 17.7 Å². The summed E-state index contributed by atoms with van der Waals surface area (Å²) >= 11 is 0. The SMILES string of the molecule is CCOc1ccc(C(=O)c2ccccc2)cc1.CNC. The maximum Gasteiger partial charge on any atom is 0.193 e. The summed E-state index contributed by atoms with van der Waals surface area (Å²) in [6, 6.07) is 16.5. The van der Waals surface area contributed by atoms with Crippen LogP contribution in [0.15, 0.2) is 54.6 Å². The first kappa shape index (κ1) is 15.9. The largest absolute Gasteiger partial charge is 0.494 e. The summed E-state index contributed by atoms with van der Waals surface area (Å²) in [5.74, 6) is 0.825. The van der Waals surface area contributed by atoms with Crippen LogP contribution in [-0.2, 0) is 0 Å². The zero-order valence-corrected chi connectivity index (χ0v) is 12.2. The van der Waals surface area contributed by atoms with Gasteiger partial charge in [-0.15, -0.1) is 0 Å². The summed E-state index contributed by atoms with van der Waals surface area (Å²) in [6.45, 7) is 2.56. The minimum Gasteiger partial charge on any atom is -0.494 e. The fourth-order valence-electron chi connectivity index (χ4n) is 1.63. The van der Waals surface area contributed by atoms with E-state index in [2.05, 4.69) is 5.32 Å². The van der Waals surface area contributed by atoms with Crippen molar-refractivity contribution in [2.24, 2.45) is 0 Å². The molecule has 1 N–H and O–H groups in total. The zero-order chi connectivity index (χ0) is 14.8. The first-order valence-corrected chi connectivity index (χ1v) is 6.64. The van der Waals surface area contributed by atoms with Crippen molar-refractivity contribution in [2.45, 2.75) is 6.92 Å². The van der Waals surface area contributed by atoms with Gasteiger partial charge in [0.25, 0.3) is 0 Å². The third kappa shape index (κ3) is 4.86. The van der Waals surface area contributed by atoms with E-state index in [-0.39, 0.29) is 5.78 Å². The summed E-state index contributed by atoms with van der Waals surface area (Å²) in [4.78, 5) is 12.1. The Balaban J connectivity index is 0.000000612. The smallest absolute Gasteiger partial charge is 0.193 e. The van der Waals surface area contributed by atoms with Gasteiger partial charge < -0.3 is 10.1 Å². The van der Waals surface area contributed by atoms with Gasteiger partial charge in [0.05, 0.1) is 6.61 Å². The Labute approximate surface area is 120 Å². The van der Waals surface area contributed by atoms with Crippen LogP contribution >= 0.6 is 0 Å². The lowest BCUT2D eigenvalue weighted by Crippen LogP contribution is -2.01. The molecule has 0 aliphatic carbocycles. The number of ether oxygens (including phenoxy) is 1. The fourth-order valence-corrected chi connectivity index (χ4v) is 1.63. The number of nitrogens with one attached hydrogen (secondary N) is 1. The number of rotatable bonds is 4. The molecule has 0 radical (unpaired) electrons. The van der Waals surface area contributed by atoms with Crippen LogP contribution in [-0.4, -0.2) is 26.5 Å². The minimum absolute atomic E-state index is 0.0358. The highest BCUT2D eigenvalue weighted by atomic mass is 16.5. The molecule has 0 fully saturated rings. The topological polar surface area (TPSA) is 38.3 Å². The molecule has 3 nitrogen and oxygen atoms in total. The highest BCUT2D eigenvalue weighted by molar-refractivity contribution is 6.08. The Morgan fingerprint density at radius 1 is 0.950 bits per heavy atom. The van der Waals surface area contributed by atoms with Gasteiger partial charge in [0, 0.05) is 11.1 Å². The molecule has 0 aliphatic rings. The normalized spacial score (nSPS) is 9.35. The minimum atomic E-state index is 0.0358. The van der Waals surface area contributed by atoms with Gasteiger partial charge in [-0.1, -0.05) is 30.3 Å². The summed E-state index contributed by atoms with van der Waals surface area (Å²) in [5, 5.41) is 2.75. The maximum atomic E-state index is 12.1. The highest BCUT2D eigenvalue weighted by Gasteiger charge is 2.07. The van der Waals surface area contributed by atoms with E-state index < -0.39 is 0 Å².